The molecule has 0 spiro atoms. The van der Waals surface area contributed by atoms with E-state index in [1.807, 2.05) is 120 Å². The molecule has 0 N–H and O–H groups in total. The largest absolute Gasteiger partial charge is 0.493 e. The summed E-state index contributed by atoms with van der Waals surface area (Å²) in [6.07, 6.45) is 0.894. The lowest BCUT2D eigenvalue weighted by molar-refractivity contribution is -0.132. The zero-order chi connectivity index (χ0) is 32.1. The summed E-state index contributed by atoms with van der Waals surface area (Å²) in [5.41, 5.74) is 5.15. The van der Waals surface area contributed by atoms with Crippen molar-refractivity contribution in [2.75, 3.05) is 20.8 Å². The van der Waals surface area contributed by atoms with Gasteiger partial charge in [0.05, 0.1) is 26.7 Å². The SMILES string of the molecule is COc1cc(CCN(C(=O)Cc2ccc(OC)c(OCc3ccccc3)c2)[C@@H](C)c2ccccc2)ccc1OCc1ccccc1. The van der Waals surface area contributed by atoms with E-state index in [0.717, 1.165) is 27.8 Å². The van der Waals surface area contributed by atoms with Gasteiger partial charge in [-0.25, -0.2) is 0 Å². The summed E-state index contributed by atoms with van der Waals surface area (Å²) in [6, 6.07) is 41.7. The molecule has 1 atom stereocenters. The molecule has 5 aromatic carbocycles. The van der Waals surface area contributed by atoms with Crippen molar-refractivity contribution >= 4 is 5.91 Å². The normalized spacial score (nSPS) is 11.4. The fraction of sp³-hybridized carbons (Fsp3) is 0.225. The predicted octanol–water partition coefficient (Wildman–Crippen LogP) is 8.24. The van der Waals surface area contributed by atoms with Gasteiger partial charge < -0.3 is 23.8 Å². The van der Waals surface area contributed by atoms with Crippen LogP contribution < -0.4 is 18.9 Å². The maximum Gasteiger partial charge on any atom is 0.227 e. The van der Waals surface area contributed by atoms with Crippen LogP contribution in [-0.4, -0.2) is 31.6 Å². The van der Waals surface area contributed by atoms with Crippen LogP contribution in [0.15, 0.2) is 127 Å². The molecule has 236 valence electrons. The molecule has 0 heterocycles. The number of benzene rings is 5. The van der Waals surface area contributed by atoms with Crippen LogP contribution in [0.5, 0.6) is 23.0 Å². The van der Waals surface area contributed by atoms with Crippen molar-refractivity contribution in [3.05, 3.63) is 155 Å². The number of nitrogens with zero attached hydrogens (tertiary/aromatic N) is 1. The highest BCUT2D eigenvalue weighted by molar-refractivity contribution is 5.79. The summed E-state index contributed by atoms with van der Waals surface area (Å²) in [4.78, 5) is 16.0. The highest BCUT2D eigenvalue weighted by Crippen LogP contribution is 2.31. The molecule has 46 heavy (non-hydrogen) atoms. The van der Waals surface area contributed by atoms with Crippen LogP contribution >= 0.6 is 0 Å². The second-order valence-electron chi connectivity index (χ2n) is 11.1. The third-order valence-electron chi connectivity index (χ3n) is 8.00. The van der Waals surface area contributed by atoms with Crippen molar-refractivity contribution in [3.8, 4) is 23.0 Å². The summed E-state index contributed by atoms with van der Waals surface area (Å²) in [7, 11) is 3.27. The van der Waals surface area contributed by atoms with Gasteiger partial charge in [-0.3, -0.25) is 4.79 Å². The van der Waals surface area contributed by atoms with Gasteiger partial charge in [-0.15, -0.1) is 0 Å². The molecule has 0 aliphatic carbocycles. The molecule has 0 saturated carbocycles. The first-order valence-corrected chi connectivity index (χ1v) is 15.6. The average Bonchev–Trinajstić information content (AvgIpc) is 3.11. The van der Waals surface area contributed by atoms with Gasteiger partial charge in [0.2, 0.25) is 5.91 Å². The lowest BCUT2D eigenvalue weighted by Gasteiger charge is -2.30. The first kappa shape index (κ1) is 32.2. The number of methoxy groups -OCH3 is 2. The van der Waals surface area contributed by atoms with Crippen LogP contribution in [0.3, 0.4) is 0 Å². The topological polar surface area (TPSA) is 57.2 Å². The van der Waals surface area contributed by atoms with Gasteiger partial charge in [-0.05, 0) is 65.4 Å². The maximum atomic E-state index is 14.0. The molecule has 0 unspecified atom stereocenters. The summed E-state index contributed by atoms with van der Waals surface area (Å²) in [5, 5.41) is 0. The molecule has 1 amide bonds. The van der Waals surface area contributed by atoms with Crippen LogP contribution in [0.4, 0.5) is 0 Å². The molecule has 0 aromatic heterocycles. The highest BCUT2D eigenvalue weighted by atomic mass is 16.5. The lowest BCUT2D eigenvalue weighted by atomic mass is 10.0. The molecule has 0 aliphatic rings. The van der Waals surface area contributed by atoms with E-state index in [1.54, 1.807) is 14.2 Å². The smallest absolute Gasteiger partial charge is 0.227 e. The van der Waals surface area contributed by atoms with Crippen LogP contribution in [-0.2, 0) is 30.8 Å². The number of hydrogen-bond acceptors (Lipinski definition) is 5. The molecule has 0 fully saturated rings. The third kappa shape index (κ3) is 8.69. The van der Waals surface area contributed by atoms with Gasteiger partial charge in [-0.1, -0.05) is 103 Å². The van der Waals surface area contributed by atoms with Crippen LogP contribution in [0, 0.1) is 0 Å². The third-order valence-corrected chi connectivity index (χ3v) is 8.00. The quantitative estimate of drug-likeness (QED) is 0.119. The van der Waals surface area contributed by atoms with Crippen LogP contribution in [0.2, 0.25) is 0 Å². The first-order chi connectivity index (χ1) is 22.5. The number of hydrogen-bond donors (Lipinski definition) is 0. The Hall–Kier alpha value is -5.23. The molecular weight excluding hydrogens is 574 g/mol. The van der Waals surface area contributed by atoms with E-state index >= 15 is 0 Å². The number of rotatable bonds is 15. The van der Waals surface area contributed by atoms with Crippen molar-refractivity contribution in [2.24, 2.45) is 0 Å². The number of carbonyl (C=O) groups is 1. The van der Waals surface area contributed by atoms with E-state index in [4.69, 9.17) is 18.9 Å². The highest BCUT2D eigenvalue weighted by Gasteiger charge is 2.22. The van der Waals surface area contributed by atoms with Gasteiger partial charge >= 0.3 is 0 Å². The summed E-state index contributed by atoms with van der Waals surface area (Å²) in [6.45, 7) is 3.48. The predicted molar refractivity (Wildman–Crippen MR) is 182 cm³/mol. The Morgan fingerprint density at radius 3 is 1.72 bits per heavy atom. The number of amides is 1. The molecular formula is C40H41NO5. The Bertz CT molecular complexity index is 1670. The zero-order valence-electron chi connectivity index (χ0n) is 26.7. The van der Waals surface area contributed by atoms with Gasteiger partial charge in [0, 0.05) is 6.54 Å². The van der Waals surface area contributed by atoms with Gasteiger partial charge in [-0.2, -0.15) is 0 Å². The van der Waals surface area contributed by atoms with Crippen molar-refractivity contribution in [3.63, 3.8) is 0 Å². The fourth-order valence-electron chi connectivity index (χ4n) is 5.37. The molecule has 5 aromatic rings. The molecule has 6 nitrogen and oxygen atoms in total. The van der Waals surface area contributed by atoms with E-state index in [-0.39, 0.29) is 18.4 Å². The standard InChI is InChI=1S/C40H41NO5/c1-30(35-17-11-6-12-18-35)41(24-23-31-19-22-37(38(25-31)44-3)45-28-32-13-7-4-8-14-32)40(42)27-34-20-21-36(43-2)39(26-34)46-29-33-15-9-5-10-16-33/h4-22,25-26,30H,23-24,27-29H2,1-3H3/t30-/m0/s1. The average molecular weight is 616 g/mol. The molecule has 5 rings (SSSR count). The summed E-state index contributed by atoms with van der Waals surface area (Å²) in [5.74, 6) is 2.63. The minimum absolute atomic E-state index is 0.0327. The Labute approximate surface area is 272 Å². The van der Waals surface area contributed by atoms with E-state index < -0.39 is 0 Å². The Balaban J connectivity index is 1.30. The minimum atomic E-state index is -0.115. The second kappa shape index (κ2) is 16.2. The Morgan fingerprint density at radius 1 is 0.587 bits per heavy atom. The van der Waals surface area contributed by atoms with Crippen molar-refractivity contribution in [1.29, 1.82) is 0 Å². The van der Waals surface area contributed by atoms with Crippen molar-refractivity contribution in [1.82, 2.24) is 4.90 Å². The van der Waals surface area contributed by atoms with Gasteiger partial charge in [0.25, 0.3) is 0 Å². The van der Waals surface area contributed by atoms with E-state index in [0.29, 0.717) is 49.2 Å². The number of carbonyl (C=O) groups excluding carboxylic acids is 1. The molecule has 0 saturated heterocycles. The van der Waals surface area contributed by atoms with E-state index in [1.165, 1.54) is 0 Å². The molecule has 0 radical (unpaired) electrons. The van der Waals surface area contributed by atoms with Crippen molar-refractivity contribution in [2.45, 2.75) is 39.0 Å². The van der Waals surface area contributed by atoms with Crippen molar-refractivity contribution < 1.29 is 23.7 Å². The lowest BCUT2D eigenvalue weighted by Crippen LogP contribution is -2.36. The fourth-order valence-corrected chi connectivity index (χ4v) is 5.37. The maximum absolute atomic E-state index is 14.0. The summed E-state index contributed by atoms with van der Waals surface area (Å²) >= 11 is 0. The molecule has 0 aliphatic heterocycles. The monoisotopic (exact) mass is 615 g/mol. The Morgan fingerprint density at radius 2 is 1.11 bits per heavy atom. The van der Waals surface area contributed by atoms with E-state index in [2.05, 4.69) is 19.1 Å². The number of ether oxygens (including phenoxy) is 4. The Kier molecular flexibility index (Phi) is 11.3. The van der Waals surface area contributed by atoms with Gasteiger partial charge in [0.15, 0.2) is 23.0 Å². The second-order valence-corrected chi connectivity index (χ2v) is 11.1. The summed E-state index contributed by atoms with van der Waals surface area (Å²) < 4.78 is 23.4. The zero-order valence-corrected chi connectivity index (χ0v) is 26.7. The van der Waals surface area contributed by atoms with Gasteiger partial charge in [0.1, 0.15) is 13.2 Å². The molecule has 6 heteroatoms. The first-order valence-electron chi connectivity index (χ1n) is 15.6. The molecule has 0 bridgehead atoms. The minimum Gasteiger partial charge on any atom is -0.493 e. The van der Waals surface area contributed by atoms with Crippen LogP contribution in [0.25, 0.3) is 0 Å². The van der Waals surface area contributed by atoms with Crippen LogP contribution in [0.1, 0.15) is 40.8 Å². The van der Waals surface area contributed by atoms with E-state index in [9.17, 15) is 4.79 Å².